The number of aromatic nitrogens is 1. The quantitative estimate of drug-likeness (QED) is 0.912. The van der Waals surface area contributed by atoms with E-state index >= 15 is 0 Å². The van der Waals surface area contributed by atoms with Crippen LogP contribution in [0.4, 0.5) is 0 Å². The molecule has 118 valence electrons. The van der Waals surface area contributed by atoms with Gasteiger partial charge in [0.15, 0.2) is 11.5 Å². The van der Waals surface area contributed by atoms with Gasteiger partial charge in [-0.05, 0) is 19.1 Å². The van der Waals surface area contributed by atoms with Crippen molar-refractivity contribution in [3.05, 3.63) is 41.0 Å². The van der Waals surface area contributed by atoms with Gasteiger partial charge in [-0.15, -0.1) is 12.4 Å². The topological polar surface area (TPSA) is 58.4 Å². The Kier molecular flexibility index (Phi) is 5.45. The molecule has 0 aliphatic carbocycles. The average Bonchev–Trinajstić information content (AvgIpc) is 2.97. The van der Waals surface area contributed by atoms with Crippen LogP contribution in [-0.4, -0.2) is 41.6 Å². The van der Waals surface area contributed by atoms with E-state index in [2.05, 4.69) is 10.5 Å². The highest BCUT2D eigenvalue weighted by atomic mass is 35.5. The Morgan fingerprint density at radius 3 is 3.00 bits per heavy atom. The molecule has 1 fully saturated rings. The van der Waals surface area contributed by atoms with Crippen LogP contribution in [0.3, 0.4) is 0 Å². The summed E-state index contributed by atoms with van der Waals surface area (Å²) in [4.78, 5) is 14.3. The highest BCUT2D eigenvalue weighted by Crippen LogP contribution is 2.24. The van der Waals surface area contributed by atoms with Crippen LogP contribution in [0.15, 0.2) is 34.9 Å². The fraction of sp³-hybridized carbons (Fsp3) is 0.333. The summed E-state index contributed by atoms with van der Waals surface area (Å²) in [5.41, 5.74) is 1.14. The summed E-state index contributed by atoms with van der Waals surface area (Å²) in [6.45, 7) is 4.29. The Balaban J connectivity index is 0.00000176. The number of hydrogen-bond acceptors (Lipinski definition) is 4. The van der Waals surface area contributed by atoms with E-state index < -0.39 is 0 Å². The highest BCUT2D eigenvalue weighted by molar-refractivity contribution is 6.30. The normalized spacial score (nSPS) is 17.9. The Labute approximate surface area is 140 Å². The number of rotatable bonds is 2. The molecule has 1 unspecified atom stereocenters. The van der Waals surface area contributed by atoms with Gasteiger partial charge < -0.3 is 14.7 Å². The van der Waals surface area contributed by atoms with E-state index in [1.807, 2.05) is 24.0 Å². The highest BCUT2D eigenvalue weighted by Gasteiger charge is 2.26. The van der Waals surface area contributed by atoms with E-state index in [9.17, 15) is 4.79 Å². The van der Waals surface area contributed by atoms with E-state index in [1.165, 1.54) is 0 Å². The van der Waals surface area contributed by atoms with Crippen LogP contribution in [0.5, 0.6) is 0 Å². The molecule has 2 heterocycles. The van der Waals surface area contributed by atoms with Gasteiger partial charge in [0, 0.05) is 42.3 Å². The van der Waals surface area contributed by atoms with E-state index in [0.717, 1.165) is 18.7 Å². The van der Waals surface area contributed by atoms with Crippen LogP contribution in [0.25, 0.3) is 11.3 Å². The molecule has 0 spiro atoms. The number of nitrogens with zero attached hydrogens (tertiary/aromatic N) is 2. The summed E-state index contributed by atoms with van der Waals surface area (Å²) in [5, 5.41) is 7.78. The molecule has 1 aromatic heterocycles. The molecule has 1 aliphatic rings. The second-order valence-corrected chi connectivity index (χ2v) is 5.57. The molecule has 7 heteroatoms. The SMILES string of the molecule is CC1CNCCN1C(=O)c1cc(-c2cccc(Cl)c2)on1.Cl. The lowest BCUT2D eigenvalue weighted by Gasteiger charge is -2.33. The number of halogens is 2. The van der Waals surface area contributed by atoms with Crippen molar-refractivity contribution in [3.63, 3.8) is 0 Å². The Hall–Kier alpha value is -1.56. The molecule has 22 heavy (non-hydrogen) atoms. The van der Waals surface area contributed by atoms with Gasteiger partial charge in [0.2, 0.25) is 0 Å². The van der Waals surface area contributed by atoms with Crippen molar-refractivity contribution < 1.29 is 9.32 Å². The number of amides is 1. The third-order valence-electron chi connectivity index (χ3n) is 3.60. The molecule has 3 rings (SSSR count). The lowest BCUT2D eigenvalue weighted by Crippen LogP contribution is -2.52. The fourth-order valence-electron chi connectivity index (χ4n) is 2.44. The number of carbonyl (C=O) groups excluding carboxylic acids is 1. The third kappa shape index (κ3) is 3.43. The van der Waals surface area contributed by atoms with Crippen LogP contribution < -0.4 is 5.32 Å². The number of benzene rings is 1. The monoisotopic (exact) mass is 341 g/mol. The molecule has 5 nitrogen and oxygen atoms in total. The van der Waals surface area contributed by atoms with Gasteiger partial charge in [-0.1, -0.05) is 28.9 Å². The molecule has 1 atom stereocenters. The zero-order valence-corrected chi connectivity index (χ0v) is 13.7. The summed E-state index contributed by atoms with van der Waals surface area (Å²) >= 11 is 5.96. The lowest BCUT2D eigenvalue weighted by atomic mass is 10.1. The van der Waals surface area contributed by atoms with Gasteiger partial charge in [0.1, 0.15) is 0 Å². The van der Waals surface area contributed by atoms with Gasteiger partial charge in [-0.25, -0.2) is 0 Å². The van der Waals surface area contributed by atoms with Crippen LogP contribution in [-0.2, 0) is 0 Å². The minimum Gasteiger partial charge on any atom is -0.355 e. The maximum atomic E-state index is 12.5. The first-order valence-corrected chi connectivity index (χ1v) is 7.27. The second kappa shape index (κ2) is 7.13. The van der Waals surface area contributed by atoms with Crippen molar-refractivity contribution in [2.75, 3.05) is 19.6 Å². The van der Waals surface area contributed by atoms with Gasteiger partial charge >= 0.3 is 0 Å². The maximum Gasteiger partial charge on any atom is 0.276 e. The predicted octanol–water partition coefficient (Wildman–Crippen LogP) is 2.85. The molecular formula is C15H17Cl2N3O2. The van der Waals surface area contributed by atoms with E-state index in [0.29, 0.717) is 23.0 Å². The van der Waals surface area contributed by atoms with Crippen molar-refractivity contribution in [2.45, 2.75) is 13.0 Å². The predicted molar refractivity (Wildman–Crippen MR) is 87.6 cm³/mol. The minimum absolute atomic E-state index is 0. The summed E-state index contributed by atoms with van der Waals surface area (Å²) in [5.74, 6) is 0.449. The third-order valence-corrected chi connectivity index (χ3v) is 3.84. The molecule has 1 saturated heterocycles. The van der Waals surface area contributed by atoms with E-state index in [4.69, 9.17) is 16.1 Å². The first kappa shape index (κ1) is 16.8. The zero-order chi connectivity index (χ0) is 14.8. The molecule has 1 aliphatic heterocycles. The smallest absolute Gasteiger partial charge is 0.276 e. The van der Waals surface area contributed by atoms with Crippen molar-refractivity contribution in [1.82, 2.24) is 15.4 Å². The van der Waals surface area contributed by atoms with E-state index in [-0.39, 0.29) is 24.4 Å². The van der Waals surface area contributed by atoms with Crippen LogP contribution >= 0.6 is 24.0 Å². The summed E-state index contributed by atoms with van der Waals surface area (Å²) in [7, 11) is 0. The van der Waals surface area contributed by atoms with E-state index in [1.54, 1.807) is 18.2 Å². The number of hydrogen-bond donors (Lipinski definition) is 1. The van der Waals surface area contributed by atoms with Gasteiger partial charge in [-0.2, -0.15) is 0 Å². The fourth-order valence-corrected chi connectivity index (χ4v) is 2.63. The summed E-state index contributed by atoms with van der Waals surface area (Å²) in [6, 6.07) is 9.09. The summed E-state index contributed by atoms with van der Waals surface area (Å²) < 4.78 is 5.28. The molecule has 0 saturated carbocycles. The molecule has 2 aromatic rings. The molecular weight excluding hydrogens is 325 g/mol. The van der Waals surface area contributed by atoms with Gasteiger partial charge in [-0.3, -0.25) is 4.79 Å². The average molecular weight is 342 g/mol. The molecule has 0 radical (unpaired) electrons. The molecule has 1 aromatic carbocycles. The van der Waals surface area contributed by atoms with Gasteiger partial charge in [0.25, 0.3) is 5.91 Å². The molecule has 1 N–H and O–H groups in total. The Morgan fingerprint density at radius 1 is 1.45 bits per heavy atom. The second-order valence-electron chi connectivity index (χ2n) is 5.14. The van der Waals surface area contributed by atoms with Crippen molar-refractivity contribution in [3.8, 4) is 11.3 Å². The Morgan fingerprint density at radius 2 is 2.27 bits per heavy atom. The standard InChI is InChI=1S/C15H16ClN3O2.ClH/c1-10-9-17-5-6-19(10)15(20)13-8-14(21-18-13)11-3-2-4-12(16)7-11;/h2-4,7-8,10,17H,5-6,9H2,1H3;1H. The molecule has 1 amide bonds. The van der Waals surface area contributed by atoms with Crippen LogP contribution in [0.1, 0.15) is 17.4 Å². The van der Waals surface area contributed by atoms with Crippen molar-refractivity contribution in [1.29, 1.82) is 0 Å². The first-order valence-electron chi connectivity index (χ1n) is 6.89. The number of carbonyl (C=O) groups is 1. The first-order chi connectivity index (χ1) is 10.1. The number of piperazine rings is 1. The van der Waals surface area contributed by atoms with Crippen LogP contribution in [0.2, 0.25) is 5.02 Å². The Bertz CT molecular complexity index is 660. The van der Waals surface area contributed by atoms with Crippen molar-refractivity contribution in [2.24, 2.45) is 0 Å². The van der Waals surface area contributed by atoms with Crippen molar-refractivity contribution >= 4 is 29.9 Å². The largest absolute Gasteiger partial charge is 0.355 e. The zero-order valence-electron chi connectivity index (χ0n) is 12.1. The number of nitrogens with one attached hydrogen (secondary N) is 1. The molecule has 0 bridgehead atoms. The lowest BCUT2D eigenvalue weighted by molar-refractivity contribution is 0.0645. The van der Waals surface area contributed by atoms with Gasteiger partial charge in [0.05, 0.1) is 0 Å². The minimum atomic E-state index is -0.0963. The van der Waals surface area contributed by atoms with Crippen LogP contribution in [0, 0.1) is 0 Å². The maximum absolute atomic E-state index is 12.5. The summed E-state index contributed by atoms with van der Waals surface area (Å²) in [6.07, 6.45) is 0.